The van der Waals surface area contributed by atoms with Gasteiger partial charge < -0.3 is 15.5 Å². The Morgan fingerprint density at radius 1 is 0.816 bits per heavy atom. The van der Waals surface area contributed by atoms with Gasteiger partial charge in [0, 0.05) is 42.7 Å². The molecule has 194 valence electrons. The van der Waals surface area contributed by atoms with Gasteiger partial charge in [-0.05, 0) is 49.4 Å². The number of hydrogen-bond donors (Lipinski definition) is 2. The lowest BCUT2D eigenvalue weighted by molar-refractivity contribution is -0.121. The largest absolute Gasteiger partial charge is 0.362 e. The van der Waals surface area contributed by atoms with Gasteiger partial charge in [0.15, 0.2) is 5.78 Å². The Morgan fingerprint density at radius 2 is 1.50 bits per heavy atom. The van der Waals surface area contributed by atoms with Gasteiger partial charge in [0.2, 0.25) is 11.9 Å². The molecule has 3 aromatic carbocycles. The SMILES string of the molecule is CN(C)c1nc(NC2CCC(NC(=O)Cc3cccc(C(=O)c4ccccc4)c3)CC2)nc2ccccc12. The van der Waals surface area contributed by atoms with Crippen LogP contribution in [0.4, 0.5) is 11.8 Å². The van der Waals surface area contributed by atoms with Crippen molar-refractivity contribution < 1.29 is 9.59 Å². The van der Waals surface area contributed by atoms with Gasteiger partial charge in [-0.25, -0.2) is 4.98 Å². The highest BCUT2D eigenvalue weighted by Gasteiger charge is 2.23. The van der Waals surface area contributed by atoms with Crippen LogP contribution in [0.2, 0.25) is 0 Å². The zero-order chi connectivity index (χ0) is 26.5. The van der Waals surface area contributed by atoms with Crippen molar-refractivity contribution in [3.8, 4) is 0 Å². The standard InChI is InChI=1S/C31H33N5O2/c1-36(2)30-26-13-6-7-14-27(26)34-31(35-30)33-25-17-15-24(16-18-25)32-28(37)20-21-9-8-12-23(19-21)29(38)22-10-4-3-5-11-22/h3-14,19,24-25H,15-18,20H2,1-2H3,(H,32,37)(H,33,34,35). The monoisotopic (exact) mass is 507 g/mol. The number of aromatic nitrogens is 2. The molecular formula is C31H33N5O2. The van der Waals surface area contributed by atoms with Crippen molar-refractivity contribution >= 4 is 34.4 Å². The summed E-state index contributed by atoms with van der Waals surface area (Å²) in [5.41, 5.74) is 3.00. The Morgan fingerprint density at radius 3 is 2.26 bits per heavy atom. The number of hydrogen-bond acceptors (Lipinski definition) is 6. The molecule has 38 heavy (non-hydrogen) atoms. The third-order valence-electron chi connectivity index (χ3n) is 7.02. The fourth-order valence-corrected chi connectivity index (χ4v) is 5.07. The molecule has 1 heterocycles. The number of benzene rings is 3. The van der Waals surface area contributed by atoms with E-state index in [-0.39, 0.29) is 30.2 Å². The summed E-state index contributed by atoms with van der Waals surface area (Å²) < 4.78 is 0. The van der Waals surface area contributed by atoms with E-state index in [0.717, 1.165) is 48.0 Å². The van der Waals surface area contributed by atoms with Crippen molar-refractivity contribution in [2.45, 2.75) is 44.2 Å². The van der Waals surface area contributed by atoms with E-state index >= 15 is 0 Å². The maximum absolute atomic E-state index is 12.8. The quantitative estimate of drug-likeness (QED) is 0.326. The molecule has 7 heteroatoms. The lowest BCUT2D eigenvalue weighted by Gasteiger charge is -2.30. The van der Waals surface area contributed by atoms with Gasteiger partial charge in [-0.3, -0.25) is 9.59 Å². The van der Waals surface area contributed by atoms with Gasteiger partial charge in [0.05, 0.1) is 11.9 Å². The average Bonchev–Trinajstić information content (AvgIpc) is 2.94. The van der Waals surface area contributed by atoms with Crippen LogP contribution < -0.4 is 15.5 Å². The van der Waals surface area contributed by atoms with Crippen LogP contribution in [-0.2, 0) is 11.2 Å². The molecule has 4 aromatic rings. The first-order valence-electron chi connectivity index (χ1n) is 13.1. The lowest BCUT2D eigenvalue weighted by atomic mass is 9.91. The number of rotatable bonds is 8. The van der Waals surface area contributed by atoms with Crippen LogP contribution in [0, 0.1) is 0 Å². The first-order chi connectivity index (χ1) is 18.5. The second-order valence-electron chi connectivity index (χ2n) is 10.1. The molecule has 1 aromatic heterocycles. The summed E-state index contributed by atoms with van der Waals surface area (Å²) in [5, 5.41) is 7.74. The minimum atomic E-state index is -0.0354. The summed E-state index contributed by atoms with van der Waals surface area (Å²) in [6, 6.07) is 25.0. The summed E-state index contributed by atoms with van der Waals surface area (Å²) in [5.74, 6) is 1.49. The van der Waals surface area contributed by atoms with Crippen LogP contribution in [0.1, 0.15) is 47.2 Å². The molecule has 0 unspecified atom stereocenters. The third kappa shape index (κ3) is 5.99. The maximum atomic E-state index is 12.8. The topological polar surface area (TPSA) is 87.2 Å². The number of carbonyl (C=O) groups excluding carboxylic acids is 2. The Kier molecular flexibility index (Phi) is 7.63. The van der Waals surface area contributed by atoms with E-state index in [0.29, 0.717) is 17.1 Å². The fourth-order valence-electron chi connectivity index (χ4n) is 5.07. The summed E-state index contributed by atoms with van der Waals surface area (Å²) in [7, 11) is 3.98. The Balaban J connectivity index is 1.14. The molecule has 5 rings (SSSR count). The van der Waals surface area contributed by atoms with Crippen molar-refractivity contribution in [3.05, 3.63) is 95.6 Å². The van der Waals surface area contributed by atoms with E-state index in [2.05, 4.69) is 10.6 Å². The molecule has 1 aliphatic carbocycles. The molecule has 0 radical (unpaired) electrons. The van der Waals surface area contributed by atoms with Crippen LogP contribution >= 0.6 is 0 Å². The van der Waals surface area contributed by atoms with Crippen molar-refractivity contribution in [2.24, 2.45) is 0 Å². The van der Waals surface area contributed by atoms with Crippen molar-refractivity contribution in [1.29, 1.82) is 0 Å². The fraction of sp³-hybridized carbons (Fsp3) is 0.290. The van der Waals surface area contributed by atoms with Gasteiger partial charge in [-0.2, -0.15) is 4.98 Å². The molecule has 1 aliphatic rings. The minimum absolute atomic E-state index is 0.0146. The average molecular weight is 508 g/mol. The predicted molar refractivity (Wildman–Crippen MR) is 152 cm³/mol. The molecular weight excluding hydrogens is 474 g/mol. The molecule has 1 fully saturated rings. The second-order valence-corrected chi connectivity index (χ2v) is 10.1. The summed E-state index contributed by atoms with van der Waals surface area (Å²) >= 11 is 0. The highest BCUT2D eigenvalue weighted by Crippen LogP contribution is 2.26. The van der Waals surface area contributed by atoms with E-state index in [1.807, 2.05) is 79.7 Å². The molecule has 1 saturated carbocycles. The van der Waals surface area contributed by atoms with Crippen LogP contribution in [0.5, 0.6) is 0 Å². The minimum Gasteiger partial charge on any atom is -0.362 e. The molecule has 0 bridgehead atoms. The second kappa shape index (κ2) is 11.4. The van der Waals surface area contributed by atoms with E-state index in [1.165, 1.54) is 0 Å². The summed E-state index contributed by atoms with van der Waals surface area (Å²) in [6.07, 6.45) is 3.90. The third-order valence-corrected chi connectivity index (χ3v) is 7.02. The van der Waals surface area contributed by atoms with Crippen molar-refractivity contribution in [1.82, 2.24) is 15.3 Å². The number of anilines is 2. The number of carbonyl (C=O) groups is 2. The zero-order valence-corrected chi connectivity index (χ0v) is 21.9. The Hall–Kier alpha value is -4.26. The van der Waals surface area contributed by atoms with E-state index in [1.54, 1.807) is 18.2 Å². The predicted octanol–water partition coefficient (Wildman–Crippen LogP) is 5.01. The van der Waals surface area contributed by atoms with Crippen LogP contribution in [0.15, 0.2) is 78.9 Å². The maximum Gasteiger partial charge on any atom is 0.225 e. The number of amides is 1. The van der Waals surface area contributed by atoms with Crippen LogP contribution in [0.25, 0.3) is 10.9 Å². The molecule has 0 spiro atoms. The molecule has 7 nitrogen and oxygen atoms in total. The van der Waals surface area contributed by atoms with Crippen molar-refractivity contribution in [3.63, 3.8) is 0 Å². The van der Waals surface area contributed by atoms with Crippen molar-refractivity contribution in [2.75, 3.05) is 24.3 Å². The molecule has 1 amide bonds. The van der Waals surface area contributed by atoms with E-state index in [4.69, 9.17) is 9.97 Å². The van der Waals surface area contributed by atoms with Crippen LogP contribution in [0.3, 0.4) is 0 Å². The smallest absolute Gasteiger partial charge is 0.225 e. The number of para-hydroxylation sites is 1. The normalized spacial score (nSPS) is 17.1. The van der Waals surface area contributed by atoms with E-state index < -0.39 is 0 Å². The van der Waals surface area contributed by atoms with Gasteiger partial charge in [0.25, 0.3) is 0 Å². The summed E-state index contributed by atoms with van der Waals surface area (Å²) in [6.45, 7) is 0. The lowest BCUT2D eigenvalue weighted by Crippen LogP contribution is -2.41. The molecule has 0 saturated heterocycles. The van der Waals surface area contributed by atoms with E-state index in [9.17, 15) is 9.59 Å². The van der Waals surface area contributed by atoms with Gasteiger partial charge in [0.1, 0.15) is 5.82 Å². The Labute approximate surface area is 223 Å². The first-order valence-corrected chi connectivity index (χ1v) is 13.1. The molecule has 0 aliphatic heterocycles. The first kappa shape index (κ1) is 25.4. The Bertz CT molecular complexity index is 1430. The zero-order valence-electron chi connectivity index (χ0n) is 21.9. The van der Waals surface area contributed by atoms with Gasteiger partial charge in [-0.15, -0.1) is 0 Å². The number of ketones is 1. The van der Waals surface area contributed by atoms with Gasteiger partial charge >= 0.3 is 0 Å². The number of nitrogens with one attached hydrogen (secondary N) is 2. The molecule has 2 N–H and O–H groups in total. The number of nitrogens with zero attached hydrogens (tertiary/aromatic N) is 3. The van der Waals surface area contributed by atoms with Gasteiger partial charge in [-0.1, -0.05) is 60.7 Å². The number of fused-ring (bicyclic) bond motifs is 1. The van der Waals surface area contributed by atoms with Crippen LogP contribution in [-0.4, -0.2) is 47.8 Å². The summed E-state index contributed by atoms with van der Waals surface area (Å²) in [4.78, 5) is 37.0. The molecule has 0 atom stereocenters. The highest BCUT2D eigenvalue weighted by molar-refractivity contribution is 6.09. The highest BCUT2D eigenvalue weighted by atomic mass is 16.1.